The number of oxazole rings is 1. The second-order valence-corrected chi connectivity index (χ2v) is 6.51. The Morgan fingerprint density at radius 2 is 2.25 bits per heavy atom. The Bertz CT molecular complexity index is 803. The lowest BCUT2D eigenvalue weighted by Crippen LogP contribution is -2.33. The minimum absolute atomic E-state index is 0.493. The molecule has 0 aromatic carbocycles. The Morgan fingerprint density at radius 1 is 1.33 bits per heavy atom. The van der Waals surface area contributed by atoms with Crippen molar-refractivity contribution in [2.75, 3.05) is 6.54 Å². The zero-order valence-corrected chi connectivity index (χ0v) is 14.1. The maximum atomic E-state index is 5.78. The van der Waals surface area contributed by atoms with Crippen molar-refractivity contribution < 1.29 is 8.83 Å². The Morgan fingerprint density at radius 3 is 3.00 bits per heavy atom. The van der Waals surface area contributed by atoms with Crippen molar-refractivity contribution in [2.24, 2.45) is 0 Å². The molecule has 0 unspecified atom stereocenters. The number of furan rings is 1. The van der Waals surface area contributed by atoms with Crippen molar-refractivity contribution in [2.45, 2.75) is 45.8 Å². The van der Waals surface area contributed by atoms with E-state index in [9.17, 15) is 0 Å². The standard InChI is InChI=1S/C18H22N4O2/c1-13-9-19-22(10-13)11-15-5-3-7-21(15)12-16-14(2)24-18(20-16)17-6-4-8-23-17/h4,6,8-10,15H,3,5,7,11-12H2,1-2H3/t15-/m0/s1. The molecule has 0 bridgehead atoms. The molecule has 1 atom stereocenters. The summed E-state index contributed by atoms with van der Waals surface area (Å²) < 4.78 is 13.2. The molecule has 0 N–H and O–H groups in total. The molecule has 126 valence electrons. The fraction of sp³-hybridized carbons (Fsp3) is 0.444. The molecule has 0 amide bonds. The van der Waals surface area contributed by atoms with E-state index in [2.05, 4.69) is 28.1 Å². The van der Waals surface area contributed by atoms with Crippen LogP contribution in [0.5, 0.6) is 0 Å². The molecule has 0 spiro atoms. The van der Waals surface area contributed by atoms with Gasteiger partial charge < -0.3 is 8.83 Å². The van der Waals surface area contributed by atoms with Crippen LogP contribution in [0.4, 0.5) is 0 Å². The predicted octanol–water partition coefficient (Wildman–Crippen LogP) is 3.41. The number of nitrogens with zero attached hydrogens (tertiary/aromatic N) is 4. The molecule has 3 aromatic heterocycles. The highest BCUT2D eigenvalue weighted by atomic mass is 16.4. The average Bonchev–Trinajstić information content (AvgIpc) is 3.31. The van der Waals surface area contributed by atoms with Crippen LogP contribution in [0, 0.1) is 13.8 Å². The molecule has 0 radical (unpaired) electrons. The number of rotatable bonds is 5. The van der Waals surface area contributed by atoms with Gasteiger partial charge in [-0.05, 0) is 50.9 Å². The second-order valence-electron chi connectivity index (χ2n) is 6.51. The zero-order valence-electron chi connectivity index (χ0n) is 14.1. The van der Waals surface area contributed by atoms with Gasteiger partial charge in [-0.25, -0.2) is 4.98 Å². The molecule has 3 aromatic rings. The summed E-state index contributed by atoms with van der Waals surface area (Å²) in [5.74, 6) is 2.10. The average molecular weight is 326 g/mol. The van der Waals surface area contributed by atoms with Gasteiger partial charge in [0, 0.05) is 18.8 Å². The van der Waals surface area contributed by atoms with Gasteiger partial charge in [0.15, 0.2) is 5.76 Å². The summed E-state index contributed by atoms with van der Waals surface area (Å²) in [5, 5.41) is 4.42. The Kier molecular flexibility index (Phi) is 3.98. The topological polar surface area (TPSA) is 60.2 Å². The maximum absolute atomic E-state index is 5.78. The van der Waals surface area contributed by atoms with Crippen LogP contribution in [0.15, 0.2) is 39.6 Å². The number of aryl methyl sites for hydroxylation is 2. The SMILES string of the molecule is Cc1cnn(C[C@@H]2CCCN2Cc2nc(-c3ccco3)oc2C)c1. The molecule has 1 aliphatic rings. The highest BCUT2D eigenvalue weighted by molar-refractivity contribution is 5.44. The monoisotopic (exact) mass is 326 g/mol. The van der Waals surface area contributed by atoms with E-state index < -0.39 is 0 Å². The van der Waals surface area contributed by atoms with Crippen LogP contribution in [0.3, 0.4) is 0 Å². The predicted molar refractivity (Wildman–Crippen MR) is 89.3 cm³/mol. The molecule has 0 aliphatic carbocycles. The van der Waals surface area contributed by atoms with Crippen LogP contribution in [0.2, 0.25) is 0 Å². The lowest BCUT2D eigenvalue weighted by atomic mass is 10.2. The summed E-state index contributed by atoms with van der Waals surface area (Å²) in [5.41, 5.74) is 2.19. The fourth-order valence-electron chi connectivity index (χ4n) is 3.37. The van der Waals surface area contributed by atoms with E-state index >= 15 is 0 Å². The van der Waals surface area contributed by atoms with Gasteiger partial charge in [-0.2, -0.15) is 5.10 Å². The summed E-state index contributed by atoms with van der Waals surface area (Å²) in [6.45, 7) is 6.87. The van der Waals surface area contributed by atoms with Crippen LogP contribution in [0.1, 0.15) is 29.9 Å². The molecule has 1 saturated heterocycles. The number of likely N-dealkylation sites (tertiary alicyclic amines) is 1. The summed E-state index contributed by atoms with van der Waals surface area (Å²) in [6, 6.07) is 4.21. The van der Waals surface area contributed by atoms with E-state index in [1.807, 2.05) is 29.9 Å². The number of hydrogen-bond acceptors (Lipinski definition) is 5. The highest BCUT2D eigenvalue weighted by Gasteiger charge is 2.27. The van der Waals surface area contributed by atoms with E-state index in [-0.39, 0.29) is 0 Å². The lowest BCUT2D eigenvalue weighted by Gasteiger charge is -2.23. The third-order valence-corrected chi connectivity index (χ3v) is 4.64. The van der Waals surface area contributed by atoms with Crippen molar-refractivity contribution in [1.29, 1.82) is 0 Å². The summed E-state index contributed by atoms with van der Waals surface area (Å²) in [7, 11) is 0. The van der Waals surface area contributed by atoms with Crippen LogP contribution in [-0.2, 0) is 13.1 Å². The zero-order chi connectivity index (χ0) is 16.5. The van der Waals surface area contributed by atoms with E-state index in [0.29, 0.717) is 17.7 Å². The fourth-order valence-corrected chi connectivity index (χ4v) is 3.37. The molecular weight excluding hydrogens is 304 g/mol. The normalized spacial score (nSPS) is 18.5. The third-order valence-electron chi connectivity index (χ3n) is 4.64. The van der Waals surface area contributed by atoms with Gasteiger partial charge in [0.25, 0.3) is 5.89 Å². The smallest absolute Gasteiger partial charge is 0.263 e. The third kappa shape index (κ3) is 3.01. The van der Waals surface area contributed by atoms with Crippen molar-refractivity contribution in [3.8, 4) is 11.7 Å². The van der Waals surface area contributed by atoms with Crippen LogP contribution in [-0.4, -0.2) is 32.3 Å². The minimum Gasteiger partial charge on any atom is -0.459 e. The Hall–Kier alpha value is -2.34. The Balaban J connectivity index is 1.48. The molecule has 24 heavy (non-hydrogen) atoms. The maximum Gasteiger partial charge on any atom is 0.263 e. The molecule has 4 heterocycles. The Labute approximate surface area is 141 Å². The molecular formula is C18H22N4O2. The first-order valence-corrected chi connectivity index (χ1v) is 8.42. The minimum atomic E-state index is 0.493. The highest BCUT2D eigenvalue weighted by Crippen LogP contribution is 2.26. The first-order valence-electron chi connectivity index (χ1n) is 8.42. The van der Waals surface area contributed by atoms with Gasteiger partial charge in [0.05, 0.1) is 24.7 Å². The quantitative estimate of drug-likeness (QED) is 0.719. The van der Waals surface area contributed by atoms with Crippen molar-refractivity contribution in [3.63, 3.8) is 0 Å². The molecule has 6 heteroatoms. The lowest BCUT2D eigenvalue weighted by molar-refractivity contribution is 0.216. The van der Waals surface area contributed by atoms with Gasteiger partial charge >= 0.3 is 0 Å². The summed E-state index contributed by atoms with van der Waals surface area (Å²) in [6.07, 6.45) is 8.06. The van der Waals surface area contributed by atoms with E-state index in [0.717, 1.165) is 31.1 Å². The van der Waals surface area contributed by atoms with Crippen molar-refractivity contribution >= 4 is 0 Å². The molecule has 4 rings (SSSR count). The van der Waals surface area contributed by atoms with Gasteiger partial charge in [0.2, 0.25) is 0 Å². The molecule has 1 aliphatic heterocycles. The van der Waals surface area contributed by atoms with E-state index in [4.69, 9.17) is 8.83 Å². The summed E-state index contributed by atoms with van der Waals surface area (Å²) >= 11 is 0. The molecule has 1 fully saturated rings. The largest absolute Gasteiger partial charge is 0.459 e. The van der Waals surface area contributed by atoms with Crippen LogP contribution >= 0.6 is 0 Å². The van der Waals surface area contributed by atoms with Gasteiger partial charge in [-0.1, -0.05) is 0 Å². The van der Waals surface area contributed by atoms with Crippen LogP contribution < -0.4 is 0 Å². The van der Waals surface area contributed by atoms with Gasteiger partial charge in [-0.15, -0.1) is 0 Å². The van der Waals surface area contributed by atoms with Crippen LogP contribution in [0.25, 0.3) is 11.7 Å². The van der Waals surface area contributed by atoms with E-state index in [1.165, 1.54) is 18.4 Å². The molecule has 6 nitrogen and oxygen atoms in total. The van der Waals surface area contributed by atoms with Crippen molar-refractivity contribution in [1.82, 2.24) is 19.7 Å². The second kappa shape index (κ2) is 6.28. The number of hydrogen-bond donors (Lipinski definition) is 0. The van der Waals surface area contributed by atoms with Gasteiger partial charge in [0.1, 0.15) is 5.76 Å². The first kappa shape index (κ1) is 15.2. The van der Waals surface area contributed by atoms with Gasteiger partial charge in [-0.3, -0.25) is 9.58 Å². The van der Waals surface area contributed by atoms with E-state index in [1.54, 1.807) is 6.26 Å². The first-order chi connectivity index (χ1) is 11.7. The number of aromatic nitrogens is 3. The summed E-state index contributed by atoms with van der Waals surface area (Å²) in [4.78, 5) is 7.12. The molecule has 0 saturated carbocycles. The van der Waals surface area contributed by atoms with Crippen molar-refractivity contribution in [3.05, 3.63) is 47.8 Å².